The lowest BCUT2D eigenvalue weighted by Gasteiger charge is -2.07. The Morgan fingerprint density at radius 2 is 2.08 bits per heavy atom. The van der Waals surface area contributed by atoms with Crippen molar-refractivity contribution in [3.8, 4) is 0 Å². The third kappa shape index (κ3) is 0.977. The number of rotatable bonds is 2. The first-order valence-electron chi connectivity index (χ1n) is 4.62. The fourth-order valence-electron chi connectivity index (χ4n) is 1.93. The maximum atomic E-state index is 5.43. The summed E-state index contributed by atoms with van der Waals surface area (Å²) in [5.41, 5.74) is 1.60. The summed E-state index contributed by atoms with van der Waals surface area (Å²) in [6.07, 6.45) is 3.77. The van der Waals surface area contributed by atoms with Crippen molar-refractivity contribution in [1.29, 1.82) is 0 Å². The molecule has 66 valence electrons. The minimum Gasteiger partial charge on any atom is -0.446 e. The first-order valence-corrected chi connectivity index (χ1v) is 4.62. The quantitative estimate of drug-likeness (QED) is 0.673. The van der Waals surface area contributed by atoms with Gasteiger partial charge in [-0.15, -0.1) is 0 Å². The minimum atomic E-state index is 0.391. The minimum absolute atomic E-state index is 0.391. The van der Waals surface area contributed by atoms with Crippen molar-refractivity contribution in [3.05, 3.63) is 17.3 Å². The van der Waals surface area contributed by atoms with E-state index in [1.54, 1.807) is 0 Å². The van der Waals surface area contributed by atoms with Gasteiger partial charge in [-0.05, 0) is 26.2 Å². The molecule has 12 heavy (non-hydrogen) atoms. The monoisotopic (exact) mass is 165 g/mol. The Labute approximate surface area is 73.0 Å². The van der Waals surface area contributed by atoms with E-state index >= 15 is 0 Å². The van der Waals surface area contributed by atoms with Crippen LogP contribution in [-0.4, -0.2) is 4.98 Å². The molecule has 0 bridgehead atoms. The second kappa shape index (κ2) is 2.35. The second-order valence-corrected chi connectivity index (χ2v) is 3.77. The zero-order valence-electron chi connectivity index (χ0n) is 7.98. The lowest BCUT2D eigenvalue weighted by molar-refractivity contribution is 0.489. The van der Waals surface area contributed by atoms with E-state index in [9.17, 15) is 0 Å². The van der Waals surface area contributed by atoms with E-state index in [1.807, 2.05) is 13.8 Å². The molecule has 1 aliphatic rings. The van der Waals surface area contributed by atoms with E-state index in [0.717, 1.165) is 11.7 Å². The van der Waals surface area contributed by atoms with Gasteiger partial charge >= 0.3 is 0 Å². The summed E-state index contributed by atoms with van der Waals surface area (Å²) >= 11 is 0. The van der Waals surface area contributed by atoms with E-state index in [-0.39, 0.29) is 0 Å². The molecular formula is C10H15NO. The molecule has 1 aliphatic carbocycles. The van der Waals surface area contributed by atoms with Crippen molar-refractivity contribution < 1.29 is 4.42 Å². The van der Waals surface area contributed by atoms with E-state index in [1.165, 1.54) is 25.0 Å². The normalized spacial score (nSPS) is 19.6. The first kappa shape index (κ1) is 7.84. The predicted octanol–water partition coefficient (Wildman–Crippen LogP) is 2.73. The van der Waals surface area contributed by atoms with E-state index in [2.05, 4.69) is 11.9 Å². The lowest BCUT2D eigenvalue weighted by atomic mass is 9.98. The SMILES string of the molecule is CCC1(c2nc(C)oc2C)CC1. The maximum absolute atomic E-state index is 5.43. The molecule has 1 aromatic rings. The second-order valence-electron chi connectivity index (χ2n) is 3.77. The third-order valence-corrected chi connectivity index (χ3v) is 2.94. The summed E-state index contributed by atoms with van der Waals surface area (Å²) < 4.78 is 5.43. The van der Waals surface area contributed by atoms with Crippen LogP contribution >= 0.6 is 0 Å². The van der Waals surface area contributed by atoms with E-state index in [4.69, 9.17) is 4.42 Å². The first-order chi connectivity index (χ1) is 5.68. The fraction of sp³-hybridized carbons (Fsp3) is 0.700. The molecule has 0 unspecified atom stereocenters. The highest BCUT2D eigenvalue weighted by Gasteiger charge is 2.46. The van der Waals surface area contributed by atoms with Gasteiger partial charge in [0.2, 0.25) is 0 Å². The van der Waals surface area contributed by atoms with Crippen LogP contribution in [0.25, 0.3) is 0 Å². The van der Waals surface area contributed by atoms with Crippen LogP contribution in [0.15, 0.2) is 4.42 Å². The van der Waals surface area contributed by atoms with E-state index < -0.39 is 0 Å². The molecular weight excluding hydrogens is 150 g/mol. The summed E-state index contributed by atoms with van der Waals surface area (Å²) in [4.78, 5) is 4.45. The average molecular weight is 165 g/mol. The maximum Gasteiger partial charge on any atom is 0.191 e. The van der Waals surface area contributed by atoms with Crippen LogP contribution in [0.4, 0.5) is 0 Å². The number of aromatic nitrogens is 1. The molecule has 0 saturated heterocycles. The summed E-state index contributed by atoms with van der Waals surface area (Å²) in [5.74, 6) is 1.83. The van der Waals surface area contributed by atoms with Crippen LogP contribution in [0.5, 0.6) is 0 Å². The molecule has 1 fully saturated rings. The molecule has 2 heteroatoms. The summed E-state index contributed by atoms with van der Waals surface area (Å²) in [6.45, 7) is 6.17. The van der Waals surface area contributed by atoms with E-state index in [0.29, 0.717) is 5.41 Å². The van der Waals surface area contributed by atoms with Gasteiger partial charge < -0.3 is 4.42 Å². The Morgan fingerprint density at radius 1 is 1.42 bits per heavy atom. The molecule has 1 heterocycles. The fourth-order valence-corrected chi connectivity index (χ4v) is 1.93. The van der Waals surface area contributed by atoms with Gasteiger partial charge in [-0.1, -0.05) is 6.92 Å². The zero-order chi connectivity index (χ0) is 8.77. The van der Waals surface area contributed by atoms with Gasteiger partial charge in [-0.3, -0.25) is 0 Å². The van der Waals surface area contributed by atoms with Gasteiger partial charge in [0.1, 0.15) is 5.76 Å². The largest absolute Gasteiger partial charge is 0.446 e. The Balaban J connectivity index is 2.39. The van der Waals surface area contributed by atoms with Crippen LogP contribution in [0.1, 0.15) is 43.5 Å². The van der Waals surface area contributed by atoms with Crippen molar-refractivity contribution in [1.82, 2.24) is 4.98 Å². The van der Waals surface area contributed by atoms with Crippen LogP contribution < -0.4 is 0 Å². The number of aryl methyl sites for hydroxylation is 2. The highest BCUT2D eigenvalue weighted by atomic mass is 16.4. The van der Waals surface area contributed by atoms with Crippen molar-refractivity contribution in [2.45, 2.75) is 45.4 Å². The Bertz CT molecular complexity index is 297. The molecule has 0 spiro atoms. The predicted molar refractivity (Wildman–Crippen MR) is 47.2 cm³/mol. The molecule has 2 nitrogen and oxygen atoms in total. The van der Waals surface area contributed by atoms with Crippen molar-refractivity contribution in [2.24, 2.45) is 0 Å². The summed E-state index contributed by atoms with van der Waals surface area (Å²) in [7, 11) is 0. The van der Waals surface area contributed by atoms with Gasteiger partial charge in [0.25, 0.3) is 0 Å². The van der Waals surface area contributed by atoms with Gasteiger partial charge in [0.15, 0.2) is 5.89 Å². The molecule has 0 amide bonds. The molecule has 0 N–H and O–H groups in total. The number of hydrogen-bond acceptors (Lipinski definition) is 2. The topological polar surface area (TPSA) is 26.0 Å². The average Bonchev–Trinajstić information content (AvgIpc) is 2.74. The number of nitrogens with zero attached hydrogens (tertiary/aromatic N) is 1. The van der Waals surface area contributed by atoms with Gasteiger partial charge in [0.05, 0.1) is 5.69 Å². The van der Waals surface area contributed by atoms with Crippen LogP contribution in [-0.2, 0) is 5.41 Å². The van der Waals surface area contributed by atoms with Gasteiger partial charge in [-0.2, -0.15) is 0 Å². The number of hydrogen-bond donors (Lipinski definition) is 0. The van der Waals surface area contributed by atoms with Gasteiger partial charge in [-0.25, -0.2) is 4.98 Å². The van der Waals surface area contributed by atoms with Crippen molar-refractivity contribution >= 4 is 0 Å². The van der Waals surface area contributed by atoms with Crippen molar-refractivity contribution in [2.75, 3.05) is 0 Å². The third-order valence-electron chi connectivity index (χ3n) is 2.94. The smallest absolute Gasteiger partial charge is 0.191 e. The highest BCUT2D eigenvalue weighted by Crippen LogP contribution is 2.51. The number of oxazole rings is 1. The van der Waals surface area contributed by atoms with Crippen LogP contribution in [0.2, 0.25) is 0 Å². The van der Waals surface area contributed by atoms with Gasteiger partial charge in [0, 0.05) is 12.3 Å². The molecule has 1 aromatic heterocycles. The molecule has 0 aromatic carbocycles. The summed E-state index contributed by atoms with van der Waals surface area (Å²) in [6, 6.07) is 0. The van der Waals surface area contributed by atoms with Crippen molar-refractivity contribution in [3.63, 3.8) is 0 Å². The Kier molecular flexibility index (Phi) is 1.53. The molecule has 0 aliphatic heterocycles. The molecule has 2 rings (SSSR count). The Morgan fingerprint density at radius 3 is 2.42 bits per heavy atom. The molecule has 1 saturated carbocycles. The highest BCUT2D eigenvalue weighted by molar-refractivity contribution is 5.26. The van der Waals surface area contributed by atoms with Crippen LogP contribution in [0.3, 0.4) is 0 Å². The zero-order valence-corrected chi connectivity index (χ0v) is 7.98. The molecule has 0 radical (unpaired) electrons. The standard InChI is InChI=1S/C10H15NO/c1-4-10(5-6-10)9-7(2)12-8(3)11-9/h4-6H2,1-3H3. The van der Waals surface area contributed by atoms with Crippen LogP contribution in [0, 0.1) is 13.8 Å². The molecule has 0 atom stereocenters. The summed E-state index contributed by atoms with van der Waals surface area (Å²) in [5, 5.41) is 0. The Hall–Kier alpha value is -0.790. The lowest BCUT2D eigenvalue weighted by Crippen LogP contribution is -2.06.